The fourth-order valence-corrected chi connectivity index (χ4v) is 2.66. The Bertz CT molecular complexity index is 433. The number of ether oxygens (including phenoxy) is 1. The van der Waals surface area contributed by atoms with E-state index < -0.39 is 6.36 Å². The van der Waals surface area contributed by atoms with Crippen LogP contribution >= 0.6 is 12.4 Å². The molecular formula is C15H22ClF3N2O. The first kappa shape index (κ1) is 19.1. The van der Waals surface area contributed by atoms with Gasteiger partial charge in [-0.15, -0.1) is 25.6 Å². The van der Waals surface area contributed by atoms with Crippen molar-refractivity contribution < 1.29 is 17.9 Å². The summed E-state index contributed by atoms with van der Waals surface area (Å²) in [7, 11) is 0. The Hall–Kier alpha value is -0.980. The van der Waals surface area contributed by atoms with Gasteiger partial charge in [0.05, 0.1) is 0 Å². The van der Waals surface area contributed by atoms with E-state index in [9.17, 15) is 13.2 Å². The molecule has 0 aliphatic carbocycles. The summed E-state index contributed by atoms with van der Waals surface area (Å²) >= 11 is 0. The topological polar surface area (TPSA) is 24.5 Å². The van der Waals surface area contributed by atoms with Gasteiger partial charge in [-0.3, -0.25) is 4.90 Å². The highest BCUT2D eigenvalue weighted by Gasteiger charge is 2.31. The van der Waals surface area contributed by atoms with Crippen molar-refractivity contribution in [2.24, 2.45) is 0 Å². The van der Waals surface area contributed by atoms with Gasteiger partial charge in [-0.05, 0) is 43.6 Å². The summed E-state index contributed by atoms with van der Waals surface area (Å²) < 4.78 is 40.2. The van der Waals surface area contributed by atoms with Crippen LogP contribution in [0.25, 0.3) is 0 Å². The molecular weight excluding hydrogens is 317 g/mol. The van der Waals surface area contributed by atoms with E-state index in [0.717, 1.165) is 44.6 Å². The monoisotopic (exact) mass is 338 g/mol. The first-order valence-corrected chi connectivity index (χ1v) is 7.27. The number of rotatable bonds is 6. The van der Waals surface area contributed by atoms with Crippen molar-refractivity contribution in [1.82, 2.24) is 10.2 Å². The molecule has 1 heterocycles. The van der Waals surface area contributed by atoms with Gasteiger partial charge in [0.25, 0.3) is 0 Å². The van der Waals surface area contributed by atoms with Crippen molar-refractivity contribution in [1.29, 1.82) is 0 Å². The van der Waals surface area contributed by atoms with E-state index >= 15 is 0 Å². The quantitative estimate of drug-likeness (QED) is 0.858. The Kier molecular flexibility index (Phi) is 7.45. The van der Waals surface area contributed by atoms with Gasteiger partial charge in [0.15, 0.2) is 0 Å². The minimum atomic E-state index is -4.63. The number of nitrogens with one attached hydrogen (secondary N) is 1. The van der Waals surface area contributed by atoms with E-state index in [-0.39, 0.29) is 18.2 Å². The van der Waals surface area contributed by atoms with Crippen molar-refractivity contribution in [3.63, 3.8) is 0 Å². The molecule has 1 aromatic rings. The maximum absolute atomic E-state index is 12.1. The largest absolute Gasteiger partial charge is 0.573 e. The normalized spacial score (nSPS) is 18.3. The molecule has 2 rings (SSSR count). The lowest BCUT2D eigenvalue weighted by Gasteiger charge is -2.28. The van der Waals surface area contributed by atoms with Crippen LogP contribution in [0, 0.1) is 0 Å². The molecule has 126 valence electrons. The number of benzene rings is 1. The molecule has 1 aliphatic heterocycles. The first-order chi connectivity index (χ1) is 9.98. The Morgan fingerprint density at radius 2 is 1.95 bits per heavy atom. The van der Waals surface area contributed by atoms with Crippen molar-refractivity contribution in [3.8, 4) is 5.75 Å². The summed E-state index contributed by atoms with van der Waals surface area (Å²) in [5.74, 6) is -0.171. The maximum atomic E-state index is 12.1. The molecule has 1 N–H and O–H groups in total. The average Bonchev–Trinajstić information content (AvgIpc) is 2.92. The molecule has 22 heavy (non-hydrogen) atoms. The van der Waals surface area contributed by atoms with E-state index in [1.807, 2.05) is 0 Å². The summed E-state index contributed by atoms with van der Waals surface area (Å²) in [5, 5.41) is 3.35. The predicted octanol–water partition coefficient (Wildman–Crippen LogP) is 3.58. The van der Waals surface area contributed by atoms with Gasteiger partial charge >= 0.3 is 6.36 Å². The zero-order chi connectivity index (χ0) is 15.3. The lowest BCUT2D eigenvalue weighted by atomic mass is 10.1. The third-order valence-corrected chi connectivity index (χ3v) is 3.60. The molecule has 0 bridgehead atoms. The second-order valence-corrected chi connectivity index (χ2v) is 5.31. The zero-order valence-electron chi connectivity index (χ0n) is 12.5. The third-order valence-electron chi connectivity index (χ3n) is 3.60. The molecule has 0 aromatic heterocycles. The number of hydrogen-bond donors (Lipinski definition) is 1. The Balaban J connectivity index is 0.00000242. The van der Waals surface area contributed by atoms with Gasteiger partial charge in [0, 0.05) is 19.1 Å². The van der Waals surface area contributed by atoms with Gasteiger partial charge in [-0.1, -0.05) is 19.1 Å². The molecule has 1 saturated heterocycles. The minimum absolute atomic E-state index is 0. The SMILES string of the molecule is CCCN(Cc1ccc(OC(F)(F)F)cc1)C1CCNC1.Cl. The van der Waals surface area contributed by atoms with Crippen LogP contribution in [-0.4, -0.2) is 36.9 Å². The molecule has 1 aliphatic rings. The Morgan fingerprint density at radius 3 is 2.45 bits per heavy atom. The average molecular weight is 339 g/mol. The third kappa shape index (κ3) is 6.02. The molecule has 0 amide bonds. The molecule has 1 unspecified atom stereocenters. The van der Waals surface area contributed by atoms with E-state index in [1.54, 1.807) is 12.1 Å². The van der Waals surface area contributed by atoms with Gasteiger partial charge in [0.2, 0.25) is 0 Å². The van der Waals surface area contributed by atoms with E-state index in [1.165, 1.54) is 12.1 Å². The van der Waals surface area contributed by atoms with Crippen LogP contribution in [0.5, 0.6) is 5.75 Å². The van der Waals surface area contributed by atoms with Crippen molar-refractivity contribution in [2.75, 3.05) is 19.6 Å². The van der Waals surface area contributed by atoms with E-state index in [2.05, 4.69) is 21.9 Å². The minimum Gasteiger partial charge on any atom is -0.406 e. The summed E-state index contributed by atoms with van der Waals surface area (Å²) in [6.07, 6.45) is -2.45. The van der Waals surface area contributed by atoms with Crippen LogP contribution in [-0.2, 0) is 6.54 Å². The molecule has 1 fully saturated rings. The highest BCUT2D eigenvalue weighted by atomic mass is 35.5. The number of nitrogens with zero attached hydrogens (tertiary/aromatic N) is 1. The molecule has 7 heteroatoms. The zero-order valence-corrected chi connectivity index (χ0v) is 13.3. The molecule has 3 nitrogen and oxygen atoms in total. The van der Waals surface area contributed by atoms with Crippen molar-refractivity contribution in [3.05, 3.63) is 29.8 Å². The highest BCUT2D eigenvalue weighted by Crippen LogP contribution is 2.23. The van der Waals surface area contributed by atoms with Crippen LogP contribution in [0.15, 0.2) is 24.3 Å². The fourth-order valence-electron chi connectivity index (χ4n) is 2.66. The van der Waals surface area contributed by atoms with E-state index in [0.29, 0.717) is 6.04 Å². The maximum Gasteiger partial charge on any atom is 0.573 e. The highest BCUT2D eigenvalue weighted by molar-refractivity contribution is 5.85. The van der Waals surface area contributed by atoms with Crippen molar-refractivity contribution >= 4 is 12.4 Å². The lowest BCUT2D eigenvalue weighted by molar-refractivity contribution is -0.274. The van der Waals surface area contributed by atoms with Crippen LogP contribution in [0.3, 0.4) is 0 Å². The smallest absolute Gasteiger partial charge is 0.406 e. The molecule has 1 aromatic carbocycles. The molecule has 1 atom stereocenters. The van der Waals surface area contributed by atoms with Gasteiger partial charge in [-0.2, -0.15) is 0 Å². The summed E-state index contributed by atoms with van der Waals surface area (Å²) in [6.45, 7) is 5.90. The van der Waals surface area contributed by atoms with Crippen LogP contribution in [0.4, 0.5) is 13.2 Å². The predicted molar refractivity (Wildman–Crippen MR) is 82.3 cm³/mol. The molecule has 0 saturated carbocycles. The molecule has 0 spiro atoms. The second kappa shape index (κ2) is 8.60. The number of alkyl halides is 3. The van der Waals surface area contributed by atoms with E-state index in [4.69, 9.17) is 0 Å². The van der Waals surface area contributed by atoms with Crippen LogP contribution in [0.2, 0.25) is 0 Å². The van der Waals surface area contributed by atoms with Gasteiger partial charge in [-0.25, -0.2) is 0 Å². The Morgan fingerprint density at radius 1 is 1.27 bits per heavy atom. The molecule has 0 radical (unpaired) electrons. The lowest BCUT2D eigenvalue weighted by Crippen LogP contribution is -2.36. The summed E-state index contributed by atoms with van der Waals surface area (Å²) in [4.78, 5) is 2.39. The number of halogens is 4. The second-order valence-electron chi connectivity index (χ2n) is 5.31. The van der Waals surface area contributed by atoms with Gasteiger partial charge < -0.3 is 10.1 Å². The number of hydrogen-bond acceptors (Lipinski definition) is 3. The van der Waals surface area contributed by atoms with Crippen LogP contribution < -0.4 is 10.1 Å². The van der Waals surface area contributed by atoms with Crippen molar-refractivity contribution in [2.45, 2.75) is 38.7 Å². The first-order valence-electron chi connectivity index (χ1n) is 7.27. The summed E-state index contributed by atoms with van der Waals surface area (Å²) in [5.41, 5.74) is 1.00. The van der Waals surface area contributed by atoms with Gasteiger partial charge in [0.1, 0.15) is 5.75 Å². The summed E-state index contributed by atoms with van der Waals surface area (Å²) in [6, 6.07) is 6.66. The Labute approximate surface area is 135 Å². The van der Waals surface area contributed by atoms with Crippen LogP contribution in [0.1, 0.15) is 25.3 Å². The fraction of sp³-hybridized carbons (Fsp3) is 0.600. The standard InChI is InChI=1S/C15H21F3N2O.ClH/c1-2-9-20(13-7-8-19-10-13)11-12-3-5-14(6-4-12)21-15(16,17)18;/h3-6,13,19H,2,7-11H2,1H3;1H.